The van der Waals surface area contributed by atoms with E-state index in [1.165, 1.54) is 6.07 Å². The molecule has 1 heterocycles. The third-order valence-corrected chi connectivity index (χ3v) is 7.68. The van der Waals surface area contributed by atoms with Crippen molar-refractivity contribution in [1.29, 1.82) is 0 Å². The zero-order chi connectivity index (χ0) is 14.7. The molecule has 20 heavy (non-hydrogen) atoms. The van der Waals surface area contributed by atoms with Crippen LogP contribution in [0.1, 0.15) is 19.4 Å². The lowest BCUT2D eigenvalue weighted by Crippen LogP contribution is -2.47. The maximum Gasteiger partial charge on any atom is 0.142 e. The van der Waals surface area contributed by atoms with E-state index in [4.69, 9.17) is 17.4 Å². The summed E-state index contributed by atoms with van der Waals surface area (Å²) in [5.41, 5.74) is 3.70. The molecule has 0 amide bonds. The molecule has 0 aliphatic carbocycles. The van der Waals surface area contributed by atoms with E-state index in [1.54, 1.807) is 6.07 Å². The van der Waals surface area contributed by atoms with Gasteiger partial charge in [0.2, 0.25) is 0 Å². The minimum atomic E-state index is -0.368. The summed E-state index contributed by atoms with van der Waals surface area (Å²) >= 11 is 9.96. The van der Waals surface area contributed by atoms with Crippen molar-refractivity contribution in [2.45, 2.75) is 42.1 Å². The van der Waals surface area contributed by atoms with Gasteiger partial charge in [0.15, 0.2) is 0 Å². The van der Waals surface area contributed by atoms with Crippen LogP contribution in [0.5, 0.6) is 0 Å². The van der Waals surface area contributed by atoms with E-state index in [0.717, 1.165) is 11.3 Å². The Morgan fingerprint density at radius 2 is 2.20 bits per heavy atom. The van der Waals surface area contributed by atoms with Crippen molar-refractivity contribution in [1.82, 2.24) is 5.43 Å². The Morgan fingerprint density at radius 3 is 2.85 bits per heavy atom. The highest BCUT2D eigenvalue weighted by molar-refractivity contribution is 8.07. The maximum absolute atomic E-state index is 13.5. The molecular weight excluding hydrogens is 315 g/mol. The van der Waals surface area contributed by atoms with Crippen LogP contribution in [-0.2, 0) is 6.42 Å². The molecule has 1 aliphatic heterocycles. The zero-order valence-corrected chi connectivity index (χ0v) is 14.0. The molecule has 1 aromatic carbocycles. The summed E-state index contributed by atoms with van der Waals surface area (Å²) in [5, 5.41) is 1.88. The number of nitrogens with one attached hydrogen (secondary N) is 1. The number of nitrogens with two attached hydrogens (primary N) is 1. The molecule has 1 saturated heterocycles. The molecule has 1 aliphatic rings. The van der Waals surface area contributed by atoms with Crippen LogP contribution in [0.2, 0.25) is 5.02 Å². The molecule has 0 radical (unpaired) electrons. The van der Waals surface area contributed by atoms with Gasteiger partial charge in [0.1, 0.15) is 5.82 Å². The number of halogens is 2. The van der Waals surface area contributed by atoms with Crippen molar-refractivity contribution >= 4 is 35.1 Å². The lowest BCUT2D eigenvalue weighted by Gasteiger charge is -2.35. The first-order valence-electron chi connectivity index (χ1n) is 6.69. The van der Waals surface area contributed by atoms with Crippen LogP contribution in [0.4, 0.5) is 4.39 Å². The fourth-order valence-electron chi connectivity index (χ4n) is 2.26. The molecule has 2 rings (SSSR count). The summed E-state index contributed by atoms with van der Waals surface area (Å²) in [7, 11) is 0. The van der Waals surface area contributed by atoms with Gasteiger partial charge in [-0.15, -0.1) is 0 Å². The monoisotopic (exact) mass is 334 g/mol. The average Bonchev–Trinajstić information content (AvgIpc) is 2.44. The van der Waals surface area contributed by atoms with Gasteiger partial charge in [-0.25, -0.2) is 4.39 Å². The predicted octanol–water partition coefficient (Wildman–Crippen LogP) is 3.48. The Balaban J connectivity index is 2.07. The smallest absolute Gasteiger partial charge is 0.142 e. The molecule has 112 valence electrons. The summed E-state index contributed by atoms with van der Waals surface area (Å²) in [6.45, 7) is 4.50. The minimum absolute atomic E-state index is 0.0988. The summed E-state index contributed by atoms with van der Waals surface area (Å²) in [6.07, 6.45) is 0.645. The second-order valence-corrected chi connectivity index (χ2v) is 8.52. The lowest BCUT2D eigenvalue weighted by atomic mass is 10.0. The number of thioether (sulfide) groups is 2. The van der Waals surface area contributed by atoms with Gasteiger partial charge >= 0.3 is 0 Å². The van der Waals surface area contributed by atoms with E-state index in [1.807, 2.05) is 29.6 Å². The van der Waals surface area contributed by atoms with Crippen molar-refractivity contribution in [2.24, 2.45) is 5.84 Å². The summed E-state index contributed by atoms with van der Waals surface area (Å²) in [5.74, 6) is 6.40. The SMILES string of the molecule is CC1SCC(C(Cc2cccc(F)c2Cl)NN)SC1C. The van der Waals surface area contributed by atoms with E-state index in [0.29, 0.717) is 22.2 Å². The fraction of sp³-hybridized carbons (Fsp3) is 0.571. The van der Waals surface area contributed by atoms with Gasteiger partial charge in [0, 0.05) is 27.5 Å². The Bertz CT molecular complexity index is 461. The average molecular weight is 335 g/mol. The molecule has 0 saturated carbocycles. The van der Waals surface area contributed by atoms with E-state index in [9.17, 15) is 4.39 Å². The van der Waals surface area contributed by atoms with Crippen LogP contribution in [0.3, 0.4) is 0 Å². The van der Waals surface area contributed by atoms with E-state index >= 15 is 0 Å². The van der Waals surface area contributed by atoms with Crippen LogP contribution >= 0.6 is 35.1 Å². The number of rotatable bonds is 4. The number of benzene rings is 1. The Labute approximate surface area is 133 Å². The molecule has 4 unspecified atom stereocenters. The molecule has 4 atom stereocenters. The molecule has 0 bridgehead atoms. The predicted molar refractivity (Wildman–Crippen MR) is 89.0 cm³/mol. The van der Waals surface area contributed by atoms with Crippen LogP contribution in [0, 0.1) is 5.82 Å². The van der Waals surface area contributed by atoms with Crippen molar-refractivity contribution < 1.29 is 4.39 Å². The van der Waals surface area contributed by atoms with Gasteiger partial charge in [0.05, 0.1) is 5.02 Å². The van der Waals surface area contributed by atoms with Gasteiger partial charge in [-0.3, -0.25) is 11.3 Å². The molecule has 3 N–H and O–H groups in total. The Kier molecular flexibility index (Phi) is 6.05. The van der Waals surface area contributed by atoms with Crippen LogP contribution in [0.25, 0.3) is 0 Å². The highest BCUT2D eigenvalue weighted by atomic mass is 35.5. The summed E-state index contributed by atoms with van der Waals surface area (Å²) < 4.78 is 13.5. The van der Waals surface area contributed by atoms with Crippen molar-refractivity contribution in [3.05, 3.63) is 34.6 Å². The quantitative estimate of drug-likeness (QED) is 0.653. The number of hydrazine groups is 1. The fourth-order valence-corrected chi connectivity index (χ4v) is 5.57. The topological polar surface area (TPSA) is 38.0 Å². The molecule has 0 spiro atoms. The first kappa shape index (κ1) is 16.4. The summed E-state index contributed by atoms with van der Waals surface area (Å²) in [6, 6.07) is 5.04. The molecule has 1 aromatic rings. The third-order valence-electron chi connectivity index (χ3n) is 3.71. The first-order chi connectivity index (χ1) is 9.52. The standard InChI is InChI=1S/C14H20ClFN2S2/c1-8-9(2)20-13(7-19-8)12(18-17)6-10-4-3-5-11(16)14(10)15/h3-5,8-9,12-13,18H,6-7,17H2,1-2H3. The third kappa shape index (κ3) is 3.83. The minimum Gasteiger partial charge on any atom is -0.271 e. The van der Waals surface area contributed by atoms with Crippen molar-refractivity contribution in [3.63, 3.8) is 0 Å². The molecule has 0 aromatic heterocycles. The van der Waals surface area contributed by atoms with Crippen molar-refractivity contribution in [3.8, 4) is 0 Å². The highest BCUT2D eigenvalue weighted by Gasteiger charge is 2.31. The zero-order valence-electron chi connectivity index (χ0n) is 11.6. The Hall–Kier alpha value is 0.0600. The molecular formula is C14H20ClFN2S2. The van der Waals surface area contributed by atoms with Gasteiger partial charge < -0.3 is 0 Å². The van der Waals surface area contributed by atoms with E-state index in [-0.39, 0.29) is 16.9 Å². The van der Waals surface area contributed by atoms with Gasteiger partial charge in [0.25, 0.3) is 0 Å². The van der Waals surface area contributed by atoms with Crippen LogP contribution in [-0.4, -0.2) is 27.5 Å². The van der Waals surface area contributed by atoms with Gasteiger partial charge in [-0.1, -0.05) is 37.6 Å². The summed E-state index contributed by atoms with van der Waals surface area (Å²) in [4.78, 5) is 0. The second-order valence-electron chi connectivity index (χ2n) is 5.11. The number of hydrogen-bond acceptors (Lipinski definition) is 4. The van der Waals surface area contributed by atoms with Gasteiger partial charge in [-0.05, 0) is 18.1 Å². The maximum atomic E-state index is 13.5. The first-order valence-corrected chi connectivity index (χ1v) is 9.06. The van der Waals surface area contributed by atoms with Gasteiger partial charge in [-0.2, -0.15) is 23.5 Å². The molecule has 2 nitrogen and oxygen atoms in total. The molecule has 1 fully saturated rings. The van der Waals surface area contributed by atoms with Crippen LogP contribution in [0.15, 0.2) is 18.2 Å². The van der Waals surface area contributed by atoms with E-state index in [2.05, 4.69) is 19.3 Å². The normalized spacial score (nSPS) is 28.4. The second kappa shape index (κ2) is 7.36. The number of hydrogen-bond donors (Lipinski definition) is 2. The van der Waals surface area contributed by atoms with Crippen molar-refractivity contribution in [2.75, 3.05) is 5.75 Å². The largest absolute Gasteiger partial charge is 0.271 e. The highest BCUT2D eigenvalue weighted by Crippen LogP contribution is 2.37. The van der Waals surface area contributed by atoms with E-state index < -0.39 is 0 Å². The lowest BCUT2D eigenvalue weighted by molar-refractivity contribution is 0.519. The van der Waals surface area contributed by atoms with Crippen LogP contribution < -0.4 is 11.3 Å². The molecule has 6 heteroatoms. The Morgan fingerprint density at radius 1 is 1.45 bits per heavy atom.